The molecule has 0 aromatic carbocycles. The van der Waals surface area contributed by atoms with Crippen LogP contribution in [0, 0.1) is 6.92 Å². The van der Waals surface area contributed by atoms with Crippen molar-refractivity contribution < 1.29 is 4.74 Å². The van der Waals surface area contributed by atoms with Gasteiger partial charge in [0.05, 0.1) is 18.4 Å². The number of hydrogen-bond acceptors (Lipinski definition) is 5. The maximum absolute atomic E-state index is 5.78. The summed E-state index contributed by atoms with van der Waals surface area (Å²) in [6.07, 6.45) is 2.65. The number of piperidine rings is 1. The summed E-state index contributed by atoms with van der Waals surface area (Å²) in [6.45, 7) is 5.57. The minimum absolute atomic E-state index is 0.419. The highest BCUT2D eigenvalue weighted by Crippen LogP contribution is 2.07. The largest absolute Gasteiger partial charge is 0.376 e. The molecular formula is C12H20N4O. The number of hydrogen-bond donors (Lipinski definition) is 2. The van der Waals surface area contributed by atoms with E-state index in [9.17, 15) is 0 Å². The van der Waals surface area contributed by atoms with E-state index in [1.165, 1.54) is 0 Å². The van der Waals surface area contributed by atoms with Gasteiger partial charge < -0.3 is 15.4 Å². The molecule has 0 spiro atoms. The third kappa shape index (κ3) is 4.28. The Morgan fingerprint density at radius 1 is 1.35 bits per heavy atom. The molecule has 0 unspecified atom stereocenters. The molecule has 1 fully saturated rings. The highest BCUT2D eigenvalue weighted by molar-refractivity contribution is 5.32. The molecule has 2 N–H and O–H groups in total. The Morgan fingerprint density at radius 2 is 2.18 bits per heavy atom. The first kappa shape index (κ1) is 12.3. The molecule has 1 aromatic heterocycles. The van der Waals surface area contributed by atoms with Crippen LogP contribution < -0.4 is 10.6 Å². The molecule has 1 aliphatic rings. The van der Waals surface area contributed by atoms with Gasteiger partial charge in [0.25, 0.3) is 0 Å². The van der Waals surface area contributed by atoms with Crippen LogP contribution in [0.5, 0.6) is 0 Å². The second-order valence-corrected chi connectivity index (χ2v) is 4.31. The Balaban J connectivity index is 1.60. The van der Waals surface area contributed by atoms with E-state index in [1.807, 2.05) is 19.1 Å². The van der Waals surface area contributed by atoms with E-state index in [0.717, 1.165) is 50.6 Å². The summed E-state index contributed by atoms with van der Waals surface area (Å²) < 4.78 is 5.78. The van der Waals surface area contributed by atoms with Crippen LogP contribution in [0.25, 0.3) is 0 Å². The van der Waals surface area contributed by atoms with Gasteiger partial charge in [-0.1, -0.05) is 0 Å². The molecule has 94 valence electrons. The minimum Gasteiger partial charge on any atom is -0.376 e. The summed E-state index contributed by atoms with van der Waals surface area (Å²) >= 11 is 0. The van der Waals surface area contributed by atoms with Crippen molar-refractivity contribution in [1.29, 1.82) is 0 Å². The van der Waals surface area contributed by atoms with Crippen LogP contribution in [-0.2, 0) is 4.74 Å². The number of aryl methyl sites for hydroxylation is 1. The number of rotatable bonds is 5. The van der Waals surface area contributed by atoms with E-state index in [1.54, 1.807) is 0 Å². The van der Waals surface area contributed by atoms with Gasteiger partial charge in [0.1, 0.15) is 5.82 Å². The number of aromatic nitrogens is 2. The summed E-state index contributed by atoms with van der Waals surface area (Å²) in [5.74, 6) is 0.810. The molecule has 2 rings (SSSR count). The van der Waals surface area contributed by atoms with E-state index in [2.05, 4.69) is 20.8 Å². The maximum atomic E-state index is 5.78. The van der Waals surface area contributed by atoms with Gasteiger partial charge in [0.15, 0.2) is 0 Å². The summed E-state index contributed by atoms with van der Waals surface area (Å²) in [5.41, 5.74) is 0.932. The molecule has 0 atom stereocenters. The monoisotopic (exact) mass is 236 g/mol. The van der Waals surface area contributed by atoms with Gasteiger partial charge in [-0.3, -0.25) is 0 Å². The van der Waals surface area contributed by atoms with Gasteiger partial charge >= 0.3 is 0 Å². The smallest absolute Gasteiger partial charge is 0.148 e. The molecule has 0 radical (unpaired) electrons. The minimum atomic E-state index is 0.419. The molecule has 5 heteroatoms. The Hall–Kier alpha value is -1.20. The fourth-order valence-corrected chi connectivity index (χ4v) is 1.86. The van der Waals surface area contributed by atoms with Crippen molar-refractivity contribution in [3.8, 4) is 0 Å². The van der Waals surface area contributed by atoms with Crippen molar-refractivity contribution in [3.63, 3.8) is 0 Å². The zero-order valence-electron chi connectivity index (χ0n) is 10.3. The van der Waals surface area contributed by atoms with E-state index in [0.29, 0.717) is 6.10 Å². The highest BCUT2D eigenvalue weighted by atomic mass is 16.5. The summed E-state index contributed by atoms with van der Waals surface area (Å²) in [4.78, 5) is 0. The average Bonchev–Trinajstić information content (AvgIpc) is 2.38. The van der Waals surface area contributed by atoms with Crippen LogP contribution in [0.3, 0.4) is 0 Å². The summed E-state index contributed by atoms with van der Waals surface area (Å²) in [7, 11) is 0. The van der Waals surface area contributed by atoms with Crippen molar-refractivity contribution in [2.24, 2.45) is 0 Å². The van der Waals surface area contributed by atoms with Gasteiger partial charge in [-0.2, -0.15) is 5.10 Å². The van der Waals surface area contributed by atoms with Gasteiger partial charge in [-0.05, 0) is 45.0 Å². The van der Waals surface area contributed by atoms with Crippen LogP contribution in [0.15, 0.2) is 12.1 Å². The van der Waals surface area contributed by atoms with Gasteiger partial charge in [0.2, 0.25) is 0 Å². The molecule has 17 heavy (non-hydrogen) atoms. The normalized spacial score (nSPS) is 17.0. The van der Waals surface area contributed by atoms with Crippen molar-refractivity contribution >= 4 is 5.82 Å². The van der Waals surface area contributed by atoms with Crippen LogP contribution >= 0.6 is 0 Å². The lowest BCUT2D eigenvalue weighted by molar-refractivity contribution is 0.0394. The Morgan fingerprint density at radius 3 is 2.88 bits per heavy atom. The number of nitrogens with one attached hydrogen (secondary N) is 2. The Bertz CT molecular complexity index is 322. The lowest BCUT2D eigenvalue weighted by atomic mass is 10.1. The molecule has 1 saturated heterocycles. The molecule has 0 amide bonds. The number of anilines is 1. The van der Waals surface area contributed by atoms with Crippen molar-refractivity contribution in [1.82, 2.24) is 15.5 Å². The third-order valence-electron chi connectivity index (χ3n) is 2.85. The van der Waals surface area contributed by atoms with Crippen LogP contribution in [0.2, 0.25) is 0 Å². The van der Waals surface area contributed by atoms with Crippen LogP contribution in [-0.4, -0.2) is 42.5 Å². The summed E-state index contributed by atoms with van der Waals surface area (Å²) in [6, 6.07) is 3.88. The lowest BCUT2D eigenvalue weighted by Crippen LogP contribution is -2.33. The molecule has 0 saturated carbocycles. The Labute approximate surface area is 102 Å². The van der Waals surface area contributed by atoms with E-state index >= 15 is 0 Å². The highest BCUT2D eigenvalue weighted by Gasteiger charge is 2.12. The van der Waals surface area contributed by atoms with E-state index in [-0.39, 0.29) is 0 Å². The summed E-state index contributed by atoms with van der Waals surface area (Å²) in [5, 5.41) is 14.5. The number of nitrogens with zero attached hydrogens (tertiary/aromatic N) is 2. The first-order chi connectivity index (χ1) is 8.34. The average molecular weight is 236 g/mol. The first-order valence-corrected chi connectivity index (χ1v) is 6.21. The molecule has 5 nitrogen and oxygen atoms in total. The SMILES string of the molecule is Cc1ccc(NCCOC2CCNCC2)nn1. The molecular weight excluding hydrogens is 216 g/mol. The quantitative estimate of drug-likeness (QED) is 0.746. The predicted octanol–water partition coefficient (Wildman–Crippen LogP) is 0.966. The molecule has 0 aliphatic carbocycles. The number of ether oxygens (including phenoxy) is 1. The molecule has 1 aliphatic heterocycles. The van der Waals surface area contributed by atoms with Crippen molar-refractivity contribution in [2.45, 2.75) is 25.9 Å². The Kier molecular flexibility index (Phi) is 4.70. The maximum Gasteiger partial charge on any atom is 0.148 e. The van der Waals surface area contributed by atoms with Gasteiger partial charge in [-0.25, -0.2) is 0 Å². The topological polar surface area (TPSA) is 59.1 Å². The third-order valence-corrected chi connectivity index (χ3v) is 2.85. The van der Waals surface area contributed by atoms with E-state index < -0.39 is 0 Å². The molecule has 1 aromatic rings. The van der Waals surface area contributed by atoms with Gasteiger partial charge in [-0.15, -0.1) is 5.10 Å². The standard InChI is InChI=1S/C12H20N4O/c1-10-2-3-12(16-15-10)14-8-9-17-11-4-6-13-7-5-11/h2-3,11,13H,4-9H2,1H3,(H,14,16). The fourth-order valence-electron chi connectivity index (χ4n) is 1.86. The second kappa shape index (κ2) is 6.51. The van der Waals surface area contributed by atoms with Gasteiger partial charge in [0, 0.05) is 6.54 Å². The molecule has 2 heterocycles. The van der Waals surface area contributed by atoms with E-state index in [4.69, 9.17) is 4.74 Å². The van der Waals surface area contributed by atoms with Crippen LogP contribution in [0.4, 0.5) is 5.82 Å². The van der Waals surface area contributed by atoms with Crippen molar-refractivity contribution in [3.05, 3.63) is 17.8 Å². The lowest BCUT2D eigenvalue weighted by Gasteiger charge is -2.22. The van der Waals surface area contributed by atoms with Crippen LogP contribution in [0.1, 0.15) is 18.5 Å². The zero-order chi connectivity index (χ0) is 11.9. The first-order valence-electron chi connectivity index (χ1n) is 6.21. The van der Waals surface area contributed by atoms with Crippen molar-refractivity contribution in [2.75, 3.05) is 31.6 Å². The zero-order valence-corrected chi connectivity index (χ0v) is 10.3. The predicted molar refractivity (Wildman–Crippen MR) is 67.1 cm³/mol. The molecule has 0 bridgehead atoms. The fraction of sp³-hybridized carbons (Fsp3) is 0.667. The second-order valence-electron chi connectivity index (χ2n) is 4.31.